The summed E-state index contributed by atoms with van der Waals surface area (Å²) in [5.41, 5.74) is -4.23. The first-order chi connectivity index (χ1) is 12.2. The van der Waals surface area contributed by atoms with Gasteiger partial charge in [0.2, 0.25) is 0 Å². The highest BCUT2D eigenvalue weighted by molar-refractivity contribution is 7.16. The van der Waals surface area contributed by atoms with Crippen molar-refractivity contribution >= 4 is 28.2 Å². The normalized spacial score (nSPS) is 13.9. The van der Waals surface area contributed by atoms with Crippen LogP contribution >= 0.6 is 11.3 Å². The number of nitrogens with zero attached hydrogens (tertiary/aromatic N) is 1. The van der Waals surface area contributed by atoms with E-state index in [1.807, 2.05) is 5.32 Å². The number of hydrogen-bond donors (Lipinski definition) is 2. The summed E-state index contributed by atoms with van der Waals surface area (Å²) in [5.74, 6) is -3.00. The lowest BCUT2D eigenvalue weighted by Gasteiger charge is -2.33. The Labute approximate surface area is 150 Å². The second-order valence-electron chi connectivity index (χ2n) is 5.15. The summed E-state index contributed by atoms with van der Waals surface area (Å²) in [4.78, 5) is 27.7. The predicted octanol–water partition coefficient (Wildman–Crippen LogP) is 3.45. The van der Waals surface area contributed by atoms with Gasteiger partial charge in [0.05, 0.1) is 5.01 Å². The number of carbonyl (C=O) groups excluding carboxylic acids is 1. The highest BCUT2D eigenvalue weighted by atomic mass is 32.1. The topological polar surface area (TPSA) is 88.5 Å². The summed E-state index contributed by atoms with van der Waals surface area (Å²) < 4.78 is 46.1. The van der Waals surface area contributed by atoms with E-state index in [0.29, 0.717) is 11.4 Å². The summed E-state index contributed by atoms with van der Waals surface area (Å²) in [7, 11) is 0.766. The second-order valence-corrected chi connectivity index (χ2v) is 6.23. The first kappa shape index (κ1) is 19.9. The molecule has 0 aliphatic rings. The van der Waals surface area contributed by atoms with E-state index in [9.17, 15) is 22.8 Å². The van der Waals surface area contributed by atoms with E-state index < -0.39 is 34.9 Å². The van der Waals surface area contributed by atoms with Crippen LogP contribution in [0.25, 0.3) is 0 Å². The van der Waals surface area contributed by atoms with E-state index in [-0.39, 0.29) is 5.00 Å². The first-order valence-electron chi connectivity index (χ1n) is 7.39. The molecule has 1 aromatic heterocycles. The van der Waals surface area contributed by atoms with E-state index in [1.54, 1.807) is 6.92 Å². The molecule has 0 aliphatic heterocycles. The smallest absolute Gasteiger partial charge is 0.430 e. The molecule has 2 aromatic rings. The van der Waals surface area contributed by atoms with Gasteiger partial charge in [0.15, 0.2) is 5.69 Å². The van der Waals surface area contributed by atoms with Crippen LogP contribution in [0.3, 0.4) is 0 Å². The Morgan fingerprint density at radius 2 is 1.88 bits per heavy atom. The third-order valence-corrected chi connectivity index (χ3v) is 4.72. The minimum Gasteiger partial charge on any atom is -0.476 e. The zero-order chi connectivity index (χ0) is 19.5. The van der Waals surface area contributed by atoms with Gasteiger partial charge in [-0.15, -0.1) is 11.3 Å². The van der Waals surface area contributed by atoms with Crippen LogP contribution in [-0.2, 0) is 21.6 Å². The molecule has 1 atom stereocenters. The lowest BCUT2D eigenvalue weighted by atomic mass is 9.91. The lowest BCUT2D eigenvalue weighted by molar-refractivity contribution is -0.263. The Balaban J connectivity index is 2.53. The molecule has 26 heavy (non-hydrogen) atoms. The fourth-order valence-electron chi connectivity index (χ4n) is 2.36. The second kappa shape index (κ2) is 7.42. The Bertz CT molecular complexity index is 808. The van der Waals surface area contributed by atoms with Crippen molar-refractivity contribution in [3.8, 4) is 0 Å². The van der Waals surface area contributed by atoms with Gasteiger partial charge in [-0.2, -0.15) is 13.2 Å². The largest absolute Gasteiger partial charge is 0.476 e. The van der Waals surface area contributed by atoms with Gasteiger partial charge in [-0.1, -0.05) is 37.3 Å². The van der Waals surface area contributed by atoms with E-state index in [0.717, 1.165) is 30.6 Å². The van der Waals surface area contributed by atoms with Crippen molar-refractivity contribution in [1.82, 2.24) is 4.98 Å². The molecule has 0 spiro atoms. The van der Waals surface area contributed by atoms with Crippen LogP contribution in [0.15, 0.2) is 30.3 Å². The van der Waals surface area contributed by atoms with Gasteiger partial charge in [0.1, 0.15) is 5.00 Å². The zero-order valence-electron chi connectivity index (χ0n) is 13.8. The Morgan fingerprint density at radius 3 is 2.35 bits per heavy atom. The fraction of sp³-hybridized carbons (Fsp3) is 0.312. The lowest BCUT2D eigenvalue weighted by Crippen LogP contribution is -2.53. The van der Waals surface area contributed by atoms with Crippen LogP contribution in [0.4, 0.5) is 18.2 Å². The summed E-state index contributed by atoms with van der Waals surface area (Å²) in [5, 5.41) is 11.3. The van der Waals surface area contributed by atoms with Gasteiger partial charge in [0, 0.05) is 12.7 Å². The number of halogens is 3. The number of carboxylic acids is 1. The SMILES string of the molecule is CCc1nc(C(=O)O)c(NC(=O)C(OC)(c2ccccc2)C(F)(F)F)s1. The van der Waals surface area contributed by atoms with Gasteiger partial charge < -0.3 is 15.2 Å². The predicted molar refractivity (Wildman–Crippen MR) is 88.3 cm³/mol. The number of carboxylic acid groups (broad SMARTS) is 1. The third kappa shape index (κ3) is 3.42. The molecule has 10 heteroatoms. The van der Waals surface area contributed by atoms with Gasteiger partial charge in [0.25, 0.3) is 11.5 Å². The van der Waals surface area contributed by atoms with Crippen LogP contribution < -0.4 is 5.32 Å². The van der Waals surface area contributed by atoms with Crippen molar-refractivity contribution in [3.05, 3.63) is 46.6 Å². The van der Waals surface area contributed by atoms with Crippen molar-refractivity contribution in [3.63, 3.8) is 0 Å². The van der Waals surface area contributed by atoms with Crippen molar-refractivity contribution in [2.24, 2.45) is 0 Å². The molecule has 0 fully saturated rings. The maximum absolute atomic E-state index is 13.8. The van der Waals surface area contributed by atoms with Crippen LogP contribution in [0.1, 0.15) is 28.0 Å². The van der Waals surface area contributed by atoms with Gasteiger partial charge >= 0.3 is 12.1 Å². The van der Waals surface area contributed by atoms with Crippen LogP contribution in [-0.4, -0.2) is 35.3 Å². The van der Waals surface area contributed by atoms with Crippen molar-refractivity contribution in [1.29, 1.82) is 0 Å². The molecule has 0 bridgehead atoms. The highest BCUT2D eigenvalue weighted by Gasteiger charge is 2.62. The Kier molecular flexibility index (Phi) is 5.67. The summed E-state index contributed by atoms with van der Waals surface area (Å²) in [6.07, 6.45) is -4.72. The standard InChI is InChI=1S/C16H15F3N2O4S/c1-3-10-20-11(13(22)23)12(26-10)21-14(24)15(25-2,16(17,18)19)9-7-5-4-6-8-9/h4-8H,3H2,1-2H3,(H,21,24)(H,22,23). The van der Waals surface area contributed by atoms with Crippen LogP contribution in [0.2, 0.25) is 0 Å². The number of methoxy groups -OCH3 is 1. The molecule has 140 valence electrons. The number of benzene rings is 1. The molecule has 1 amide bonds. The average Bonchev–Trinajstić information content (AvgIpc) is 2.99. The maximum atomic E-state index is 13.8. The third-order valence-electron chi connectivity index (χ3n) is 3.61. The molecule has 0 aliphatic carbocycles. The average molecular weight is 388 g/mol. The summed E-state index contributed by atoms with van der Waals surface area (Å²) in [6.45, 7) is 1.70. The van der Waals surface area contributed by atoms with Crippen molar-refractivity contribution in [2.75, 3.05) is 12.4 Å². The fourth-order valence-corrected chi connectivity index (χ4v) is 3.25. The van der Waals surface area contributed by atoms with E-state index in [1.165, 1.54) is 18.2 Å². The molecular formula is C16H15F3N2O4S. The number of thiazole rings is 1. The summed E-state index contributed by atoms with van der Waals surface area (Å²) in [6, 6.07) is 6.40. The van der Waals surface area contributed by atoms with Crippen LogP contribution in [0.5, 0.6) is 0 Å². The van der Waals surface area contributed by atoms with Gasteiger partial charge in [-0.3, -0.25) is 4.79 Å². The number of anilines is 1. The highest BCUT2D eigenvalue weighted by Crippen LogP contribution is 2.43. The van der Waals surface area contributed by atoms with Gasteiger partial charge in [-0.25, -0.2) is 9.78 Å². The van der Waals surface area contributed by atoms with Gasteiger partial charge in [-0.05, 0) is 6.42 Å². The number of nitrogens with one attached hydrogen (secondary N) is 1. The monoisotopic (exact) mass is 388 g/mol. The number of ether oxygens (including phenoxy) is 1. The number of aromatic nitrogens is 1. The van der Waals surface area contributed by atoms with Crippen LogP contribution in [0, 0.1) is 0 Å². The van der Waals surface area contributed by atoms with E-state index in [4.69, 9.17) is 5.11 Å². The number of carbonyl (C=O) groups is 2. The summed E-state index contributed by atoms with van der Waals surface area (Å²) >= 11 is 0.802. The van der Waals surface area contributed by atoms with E-state index >= 15 is 0 Å². The molecule has 2 N–H and O–H groups in total. The maximum Gasteiger partial charge on any atom is 0.430 e. The minimum atomic E-state index is -5.09. The first-order valence-corrected chi connectivity index (χ1v) is 8.20. The molecule has 6 nitrogen and oxygen atoms in total. The molecule has 2 rings (SSSR count). The van der Waals surface area contributed by atoms with Crippen molar-refractivity contribution < 1.29 is 32.6 Å². The number of alkyl halides is 3. The molecule has 0 radical (unpaired) electrons. The van der Waals surface area contributed by atoms with E-state index in [2.05, 4.69) is 9.72 Å². The molecule has 1 unspecified atom stereocenters. The number of hydrogen-bond acceptors (Lipinski definition) is 5. The number of rotatable bonds is 6. The Morgan fingerprint density at radius 1 is 1.27 bits per heavy atom. The number of amides is 1. The molecule has 0 saturated carbocycles. The van der Waals surface area contributed by atoms with Crippen molar-refractivity contribution in [2.45, 2.75) is 25.1 Å². The molecule has 0 saturated heterocycles. The quantitative estimate of drug-likeness (QED) is 0.791. The number of aromatic carboxylic acids is 1. The molecule has 1 aromatic carbocycles. The molecular weight excluding hydrogens is 373 g/mol. The Hall–Kier alpha value is -2.46. The number of aryl methyl sites for hydroxylation is 1. The minimum absolute atomic E-state index is 0.277. The zero-order valence-corrected chi connectivity index (χ0v) is 14.6. The molecule has 1 heterocycles.